The number of hydrogen-bond donors (Lipinski definition) is 1. The fourth-order valence-electron chi connectivity index (χ4n) is 1.60. The average Bonchev–Trinajstić information content (AvgIpc) is 2.35. The summed E-state index contributed by atoms with van der Waals surface area (Å²) in [5, 5.41) is 3.03. The third-order valence-corrected chi connectivity index (χ3v) is 3.35. The molecule has 0 spiro atoms. The molecule has 94 valence electrons. The van der Waals surface area contributed by atoms with Gasteiger partial charge in [0.05, 0.1) is 6.04 Å². The van der Waals surface area contributed by atoms with Gasteiger partial charge in [-0.25, -0.2) is 0 Å². The Morgan fingerprint density at radius 2 is 1.94 bits per heavy atom. The predicted molar refractivity (Wildman–Crippen MR) is 72.2 cm³/mol. The number of hydrogen-bond acceptors (Lipinski definition) is 1. The molecule has 0 saturated heterocycles. The summed E-state index contributed by atoms with van der Waals surface area (Å²) in [5.74, 6) is 0.236. The molecular formula is C14H20ClNO. The van der Waals surface area contributed by atoms with Crippen LogP contribution in [0.1, 0.15) is 37.4 Å². The van der Waals surface area contributed by atoms with Crippen LogP contribution in [-0.4, -0.2) is 11.8 Å². The molecular weight excluding hydrogens is 234 g/mol. The SMILES string of the molecule is CCC(NC(=O)C(C)CCl)c1ccc(C)cc1. The second-order valence-electron chi connectivity index (χ2n) is 4.44. The highest BCUT2D eigenvalue weighted by Crippen LogP contribution is 2.17. The first-order valence-electron chi connectivity index (χ1n) is 6.01. The Morgan fingerprint density at radius 1 is 1.35 bits per heavy atom. The van der Waals surface area contributed by atoms with Crippen LogP contribution in [0.5, 0.6) is 0 Å². The lowest BCUT2D eigenvalue weighted by molar-refractivity contribution is -0.124. The fraction of sp³-hybridized carbons (Fsp3) is 0.500. The Kier molecular flexibility index (Phi) is 5.49. The molecule has 2 atom stereocenters. The molecule has 1 aromatic carbocycles. The average molecular weight is 254 g/mol. The van der Waals surface area contributed by atoms with E-state index in [1.807, 2.05) is 6.92 Å². The van der Waals surface area contributed by atoms with E-state index in [2.05, 4.69) is 43.4 Å². The number of halogens is 1. The molecule has 0 radical (unpaired) electrons. The number of aryl methyl sites for hydroxylation is 1. The summed E-state index contributed by atoms with van der Waals surface area (Å²) in [7, 11) is 0. The summed E-state index contributed by atoms with van der Waals surface area (Å²) in [6.07, 6.45) is 0.879. The molecule has 0 fully saturated rings. The molecule has 0 aromatic heterocycles. The van der Waals surface area contributed by atoms with Crippen molar-refractivity contribution in [2.75, 3.05) is 5.88 Å². The molecule has 17 heavy (non-hydrogen) atoms. The van der Waals surface area contributed by atoms with E-state index < -0.39 is 0 Å². The Labute approximate surface area is 108 Å². The smallest absolute Gasteiger partial charge is 0.224 e. The first-order chi connectivity index (χ1) is 8.08. The Bertz CT molecular complexity index is 361. The lowest BCUT2D eigenvalue weighted by Crippen LogP contribution is -2.33. The molecule has 0 aliphatic heterocycles. The van der Waals surface area contributed by atoms with Crippen LogP contribution in [0.4, 0.5) is 0 Å². The number of rotatable bonds is 5. The number of amides is 1. The van der Waals surface area contributed by atoms with Gasteiger partial charge < -0.3 is 5.32 Å². The van der Waals surface area contributed by atoms with E-state index >= 15 is 0 Å². The monoisotopic (exact) mass is 253 g/mol. The van der Waals surface area contributed by atoms with Gasteiger partial charge in [-0.2, -0.15) is 0 Å². The Hall–Kier alpha value is -1.02. The number of alkyl halides is 1. The van der Waals surface area contributed by atoms with Gasteiger partial charge in [-0.15, -0.1) is 11.6 Å². The molecule has 1 aromatic rings. The van der Waals surface area contributed by atoms with Gasteiger partial charge in [0.15, 0.2) is 0 Å². The van der Waals surface area contributed by atoms with Crippen LogP contribution in [0.2, 0.25) is 0 Å². The van der Waals surface area contributed by atoms with Crippen molar-refractivity contribution >= 4 is 17.5 Å². The molecule has 1 N–H and O–H groups in total. The number of carbonyl (C=O) groups is 1. The highest BCUT2D eigenvalue weighted by molar-refractivity contribution is 6.19. The number of carbonyl (C=O) groups excluding carboxylic acids is 1. The van der Waals surface area contributed by atoms with Gasteiger partial charge in [0.1, 0.15) is 0 Å². The van der Waals surface area contributed by atoms with Crippen LogP contribution in [0, 0.1) is 12.8 Å². The first-order valence-corrected chi connectivity index (χ1v) is 6.54. The van der Waals surface area contributed by atoms with Crippen LogP contribution >= 0.6 is 11.6 Å². The highest BCUT2D eigenvalue weighted by Gasteiger charge is 2.16. The largest absolute Gasteiger partial charge is 0.349 e. The van der Waals surface area contributed by atoms with E-state index in [9.17, 15) is 4.79 Å². The van der Waals surface area contributed by atoms with Crippen molar-refractivity contribution in [3.05, 3.63) is 35.4 Å². The van der Waals surface area contributed by atoms with Crippen LogP contribution in [-0.2, 0) is 4.79 Å². The zero-order valence-electron chi connectivity index (χ0n) is 10.7. The van der Waals surface area contributed by atoms with E-state index in [1.165, 1.54) is 5.56 Å². The van der Waals surface area contributed by atoms with E-state index in [0.29, 0.717) is 5.88 Å². The molecule has 0 heterocycles. The topological polar surface area (TPSA) is 29.1 Å². The minimum atomic E-state index is -0.142. The van der Waals surface area contributed by atoms with Crippen molar-refractivity contribution in [3.63, 3.8) is 0 Å². The van der Waals surface area contributed by atoms with Crippen molar-refractivity contribution in [3.8, 4) is 0 Å². The minimum Gasteiger partial charge on any atom is -0.349 e. The van der Waals surface area contributed by atoms with Crippen LogP contribution in [0.3, 0.4) is 0 Å². The summed E-state index contributed by atoms with van der Waals surface area (Å²) in [4.78, 5) is 11.8. The maximum atomic E-state index is 11.8. The van der Waals surface area contributed by atoms with E-state index in [4.69, 9.17) is 11.6 Å². The number of benzene rings is 1. The van der Waals surface area contributed by atoms with Gasteiger partial charge in [0.25, 0.3) is 0 Å². The molecule has 2 nitrogen and oxygen atoms in total. The van der Waals surface area contributed by atoms with Crippen molar-refractivity contribution in [1.29, 1.82) is 0 Å². The van der Waals surface area contributed by atoms with Crippen molar-refractivity contribution in [1.82, 2.24) is 5.32 Å². The number of nitrogens with one attached hydrogen (secondary N) is 1. The lowest BCUT2D eigenvalue weighted by atomic mass is 10.0. The van der Waals surface area contributed by atoms with E-state index in [-0.39, 0.29) is 17.9 Å². The standard InChI is InChI=1S/C14H20ClNO/c1-4-13(16-14(17)11(3)9-15)12-7-5-10(2)6-8-12/h5-8,11,13H,4,9H2,1-3H3,(H,16,17). The molecule has 2 unspecified atom stereocenters. The van der Waals surface area contributed by atoms with Crippen LogP contribution in [0.15, 0.2) is 24.3 Å². The highest BCUT2D eigenvalue weighted by atomic mass is 35.5. The maximum absolute atomic E-state index is 11.8. The summed E-state index contributed by atoms with van der Waals surface area (Å²) >= 11 is 5.68. The summed E-state index contributed by atoms with van der Waals surface area (Å²) in [6.45, 7) is 5.96. The summed E-state index contributed by atoms with van der Waals surface area (Å²) in [5.41, 5.74) is 2.37. The molecule has 0 bridgehead atoms. The molecule has 1 amide bonds. The van der Waals surface area contributed by atoms with Crippen LogP contribution < -0.4 is 5.32 Å². The molecule has 0 aliphatic rings. The van der Waals surface area contributed by atoms with Crippen molar-refractivity contribution in [2.45, 2.75) is 33.2 Å². The van der Waals surface area contributed by atoms with Gasteiger partial charge in [-0.1, -0.05) is 43.7 Å². The lowest BCUT2D eigenvalue weighted by Gasteiger charge is -2.19. The second kappa shape index (κ2) is 6.65. The third-order valence-electron chi connectivity index (χ3n) is 2.88. The first kappa shape index (κ1) is 14.0. The Balaban J connectivity index is 2.72. The normalized spacial score (nSPS) is 14.1. The predicted octanol–water partition coefficient (Wildman–Crippen LogP) is 3.44. The van der Waals surface area contributed by atoms with Gasteiger partial charge in [0, 0.05) is 11.8 Å². The maximum Gasteiger partial charge on any atom is 0.224 e. The quantitative estimate of drug-likeness (QED) is 0.801. The summed E-state index contributed by atoms with van der Waals surface area (Å²) < 4.78 is 0. The van der Waals surface area contributed by atoms with Gasteiger partial charge in [0.2, 0.25) is 5.91 Å². The molecule has 0 saturated carbocycles. The Morgan fingerprint density at radius 3 is 2.41 bits per heavy atom. The van der Waals surface area contributed by atoms with E-state index in [1.54, 1.807) is 0 Å². The zero-order chi connectivity index (χ0) is 12.8. The molecule has 0 aliphatic carbocycles. The van der Waals surface area contributed by atoms with Crippen molar-refractivity contribution in [2.24, 2.45) is 5.92 Å². The van der Waals surface area contributed by atoms with Gasteiger partial charge in [-0.3, -0.25) is 4.79 Å². The second-order valence-corrected chi connectivity index (χ2v) is 4.74. The van der Waals surface area contributed by atoms with Crippen molar-refractivity contribution < 1.29 is 4.79 Å². The molecule has 1 rings (SSSR count). The minimum absolute atomic E-state index is 0.0208. The zero-order valence-corrected chi connectivity index (χ0v) is 11.4. The van der Waals surface area contributed by atoms with E-state index in [0.717, 1.165) is 12.0 Å². The van der Waals surface area contributed by atoms with Gasteiger partial charge in [-0.05, 0) is 18.9 Å². The van der Waals surface area contributed by atoms with Gasteiger partial charge >= 0.3 is 0 Å². The van der Waals surface area contributed by atoms with Crippen LogP contribution in [0.25, 0.3) is 0 Å². The molecule has 3 heteroatoms. The summed E-state index contributed by atoms with van der Waals surface area (Å²) in [6, 6.07) is 8.34. The third kappa shape index (κ3) is 4.04. The fourth-order valence-corrected chi connectivity index (χ4v) is 1.74.